The summed E-state index contributed by atoms with van der Waals surface area (Å²) in [5, 5.41) is 41.7. The number of amides is 3. The molecule has 14 heteroatoms. The monoisotopic (exact) mass is 536 g/mol. The van der Waals surface area contributed by atoms with E-state index in [1.165, 1.54) is 12.1 Å². The van der Waals surface area contributed by atoms with Crippen molar-refractivity contribution < 1.29 is 49.2 Å². The number of likely N-dealkylation sites (tertiary alicyclic amines) is 1. The SMILES string of the molecule is N[C@@H](Cc1ccc(O)cc1)C(=O)N[C@@H](CCC(=O)O)C(=O)N[C@@H](CCC(=O)O)C(=O)N1CCC[C@H]1C(=O)O. The molecule has 1 saturated heterocycles. The number of benzene rings is 1. The highest BCUT2D eigenvalue weighted by Crippen LogP contribution is 2.20. The highest BCUT2D eigenvalue weighted by Gasteiger charge is 2.38. The number of carbonyl (C=O) groups excluding carboxylic acids is 3. The summed E-state index contributed by atoms with van der Waals surface area (Å²) >= 11 is 0. The number of nitrogens with two attached hydrogens (primary N) is 1. The molecule has 1 aliphatic rings. The van der Waals surface area contributed by atoms with Crippen LogP contribution in [0.3, 0.4) is 0 Å². The summed E-state index contributed by atoms with van der Waals surface area (Å²) in [7, 11) is 0. The number of carbonyl (C=O) groups is 6. The van der Waals surface area contributed by atoms with Gasteiger partial charge in [0.05, 0.1) is 6.04 Å². The van der Waals surface area contributed by atoms with E-state index >= 15 is 0 Å². The van der Waals surface area contributed by atoms with E-state index < -0.39 is 72.6 Å². The third-order valence-corrected chi connectivity index (χ3v) is 6.09. The molecule has 1 aromatic rings. The van der Waals surface area contributed by atoms with Crippen LogP contribution in [0.25, 0.3) is 0 Å². The number of aliphatic carboxylic acids is 3. The first kappa shape index (κ1) is 30.0. The van der Waals surface area contributed by atoms with Crippen molar-refractivity contribution in [1.29, 1.82) is 0 Å². The number of rotatable bonds is 14. The second-order valence-electron chi connectivity index (χ2n) is 8.99. The fourth-order valence-electron chi connectivity index (χ4n) is 4.08. The lowest BCUT2D eigenvalue weighted by molar-refractivity contribution is -0.150. The first-order valence-corrected chi connectivity index (χ1v) is 12.0. The number of carboxylic acid groups (broad SMARTS) is 3. The highest BCUT2D eigenvalue weighted by atomic mass is 16.4. The molecule has 38 heavy (non-hydrogen) atoms. The molecule has 1 aromatic carbocycles. The summed E-state index contributed by atoms with van der Waals surface area (Å²) in [6, 6.07) is 0.847. The maximum absolute atomic E-state index is 13.1. The summed E-state index contributed by atoms with van der Waals surface area (Å²) in [4.78, 5) is 73.7. The Morgan fingerprint density at radius 1 is 0.895 bits per heavy atom. The average molecular weight is 537 g/mol. The normalized spacial score (nSPS) is 17.2. The minimum absolute atomic E-state index is 0.0211. The average Bonchev–Trinajstić information content (AvgIpc) is 3.35. The summed E-state index contributed by atoms with van der Waals surface area (Å²) in [5.74, 6) is -6.19. The van der Waals surface area contributed by atoms with Crippen LogP contribution in [-0.2, 0) is 35.2 Å². The smallest absolute Gasteiger partial charge is 0.326 e. The molecule has 0 bridgehead atoms. The van der Waals surface area contributed by atoms with Gasteiger partial charge in [0.1, 0.15) is 23.9 Å². The van der Waals surface area contributed by atoms with Gasteiger partial charge in [-0.2, -0.15) is 0 Å². The van der Waals surface area contributed by atoms with Crippen molar-refractivity contribution in [2.45, 2.75) is 69.1 Å². The van der Waals surface area contributed by atoms with E-state index in [-0.39, 0.29) is 38.0 Å². The van der Waals surface area contributed by atoms with Crippen LogP contribution in [0.15, 0.2) is 24.3 Å². The first-order chi connectivity index (χ1) is 17.9. The molecule has 0 radical (unpaired) electrons. The molecule has 3 amide bonds. The summed E-state index contributed by atoms with van der Waals surface area (Å²) in [5.41, 5.74) is 6.56. The van der Waals surface area contributed by atoms with E-state index in [0.717, 1.165) is 4.90 Å². The molecule has 0 saturated carbocycles. The number of carboxylic acids is 3. The molecule has 8 N–H and O–H groups in total. The van der Waals surface area contributed by atoms with Crippen molar-refractivity contribution in [3.05, 3.63) is 29.8 Å². The van der Waals surface area contributed by atoms with Gasteiger partial charge >= 0.3 is 17.9 Å². The molecule has 1 heterocycles. The number of aromatic hydroxyl groups is 1. The largest absolute Gasteiger partial charge is 0.508 e. The van der Waals surface area contributed by atoms with Crippen LogP contribution in [0.4, 0.5) is 0 Å². The molecule has 1 aliphatic heterocycles. The van der Waals surface area contributed by atoms with Gasteiger partial charge in [0, 0.05) is 19.4 Å². The van der Waals surface area contributed by atoms with Crippen LogP contribution < -0.4 is 16.4 Å². The maximum atomic E-state index is 13.1. The number of nitrogens with zero attached hydrogens (tertiary/aromatic N) is 1. The Labute approximate surface area is 217 Å². The van der Waals surface area contributed by atoms with E-state index in [1.807, 2.05) is 0 Å². The zero-order chi connectivity index (χ0) is 28.4. The molecule has 0 unspecified atom stereocenters. The quantitative estimate of drug-likeness (QED) is 0.153. The number of nitrogens with one attached hydrogen (secondary N) is 2. The minimum Gasteiger partial charge on any atom is -0.508 e. The Balaban J connectivity index is 2.16. The molecule has 0 aliphatic carbocycles. The highest BCUT2D eigenvalue weighted by molar-refractivity contribution is 5.94. The van der Waals surface area contributed by atoms with Crippen LogP contribution in [-0.4, -0.2) is 91.7 Å². The third-order valence-electron chi connectivity index (χ3n) is 6.09. The van der Waals surface area contributed by atoms with Crippen LogP contribution in [0.5, 0.6) is 5.75 Å². The Morgan fingerprint density at radius 3 is 2.00 bits per heavy atom. The predicted molar refractivity (Wildman–Crippen MR) is 130 cm³/mol. The Hall–Kier alpha value is -4.20. The number of hydrogen-bond donors (Lipinski definition) is 7. The van der Waals surface area contributed by atoms with Gasteiger partial charge < -0.3 is 41.7 Å². The lowest BCUT2D eigenvalue weighted by Gasteiger charge is -2.28. The molecule has 0 aromatic heterocycles. The van der Waals surface area contributed by atoms with Gasteiger partial charge in [-0.1, -0.05) is 12.1 Å². The predicted octanol–water partition coefficient (Wildman–Crippen LogP) is -0.963. The second-order valence-corrected chi connectivity index (χ2v) is 8.99. The second kappa shape index (κ2) is 13.9. The van der Waals surface area contributed by atoms with Crippen LogP contribution in [0, 0.1) is 0 Å². The number of phenols is 1. The van der Waals surface area contributed by atoms with E-state index in [0.29, 0.717) is 12.0 Å². The van der Waals surface area contributed by atoms with E-state index in [4.69, 9.17) is 15.9 Å². The lowest BCUT2D eigenvalue weighted by Crippen LogP contribution is -2.57. The third kappa shape index (κ3) is 9.03. The van der Waals surface area contributed by atoms with Gasteiger partial charge in [-0.05, 0) is 49.8 Å². The molecule has 4 atom stereocenters. The van der Waals surface area contributed by atoms with Gasteiger partial charge in [-0.15, -0.1) is 0 Å². The van der Waals surface area contributed by atoms with Crippen molar-refractivity contribution >= 4 is 35.6 Å². The zero-order valence-electron chi connectivity index (χ0n) is 20.5. The number of phenolic OH excluding ortho intramolecular Hbond substituents is 1. The molecule has 208 valence electrons. The topological polar surface area (TPSA) is 237 Å². The van der Waals surface area contributed by atoms with Crippen molar-refractivity contribution in [2.75, 3.05) is 6.54 Å². The van der Waals surface area contributed by atoms with Gasteiger partial charge in [0.25, 0.3) is 0 Å². The summed E-state index contributed by atoms with van der Waals surface area (Å²) in [6.45, 7) is 0.112. The standard InChI is InChI=1S/C24H32N4O10/c25-15(12-13-3-5-14(29)6-4-13)21(34)26-16(7-9-19(30)31)22(35)27-17(8-10-20(32)33)23(36)28-11-1-2-18(28)24(37)38/h3-6,15-18,29H,1-2,7-12,25H2,(H,26,34)(H,27,35)(H,30,31)(H,32,33)(H,37,38)/t15-,16-,17-,18-/m0/s1. The van der Waals surface area contributed by atoms with Gasteiger partial charge in [0.15, 0.2) is 0 Å². The summed E-state index contributed by atoms with van der Waals surface area (Å²) < 4.78 is 0. The van der Waals surface area contributed by atoms with E-state index in [9.17, 15) is 39.0 Å². The van der Waals surface area contributed by atoms with E-state index in [2.05, 4.69) is 10.6 Å². The molecular weight excluding hydrogens is 504 g/mol. The van der Waals surface area contributed by atoms with Gasteiger partial charge in [0.2, 0.25) is 17.7 Å². The molecule has 14 nitrogen and oxygen atoms in total. The van der Waals surface area contributed by atoms with Crippen molar-refractivity contribution in [3.63, 3.8) is 0 Å². The maximum Gasteiger partial charge on any atom is 0.326 e. The Kier molecular flexibility index (Phi) is 11.0. The lowest BCUT2D eigenvalue weighted by atomic mass is 10.0. The van der Waals surface area contributed by atoms with Crippen LogP contribution >= 0.6 is 0 Å². The van der Waals surface area contributed by atoms with Crippen molar-refractivity contribution in [3.8, 4) is 5.75 Å². The van der Waals surface area contributed by atoms with Crippen LogP contribution in [0.1, 0.15) is 44.1 Å². The molecule has 1 fully saturated rings. The molecule has 0 spiro atoms. The van der Waals surface area contributed by atoms with Gasteiger partial charge in [-0.25, -0.2) is 4.79 Å². The fourth-order valence-corrected chi connectivity index (χ4v) is 4.08. The zero-order valence-corrected chi connectivity index (χ0v) is 20.5. The summed E-state index contributed by atoms with van der Waals surface area (Å²) in [6.07, 6.45) is -1.04. The van der Waals surface area contributed by atoms with Crippen LogP contribution in [0.2, 0.25) is 0 Å². The van der Waals surface area contributed by atoms with Crippen molar-refractivity contribution in [2.24, 2.45) is 5.73 Å². The fraction of sp³-hybridized carbons (Fsp3) is 0.500. The van der Waals surface area contributed by atoms with Crippen molar-refractivity contribution in [1.82, 2.24) is 15.5 Å². The molecular formula is C24H32N4O10. The van der Waals surface area contributed by atoms with E-state index in [1.54, 1.807) is 12.1 Å². The van der Waals surface area contributed by atoms with Gasteiger partial charge in [-0.3, -0.25) is 24.0 Å². The Morgan fingerprint density at radius 2 is 1.45 bits per heavy atom. The Bertz CT molecular complexity index is 1050. The molecule has 2 rings (SSSR count). The number of hydrogen-bond acceptors (Lipinski definition) is 8. The first-order valence-electron chi connectivity index (χ1n) is 12.0. The minimum atomic E-state index is -1.42.